The fourth-order valence-corrected chi connectivity index (χ4v) is 3.86. The Morgan fingerprint density at radius 1 is 1.20 bits per heavy atom. The molecule has 9 nitrogen and oxygen atoms in total. The quantitative estimate of drug-likeness (QED) is 0.440. The van der Waals surface area contributed by atoms with Crippen LogP contribution in [0.3, 0.4) is 0 Å². The molecule has 0 amide bonds. The maximum absolute atomic E-state index is 13.3. The number of ketones is 1. The molecule has 2 N–H and O–H groups in total. The predicted molar refractivity (Wildman–Crippen MR) is 126 cm³/mol. The lowest BCUT2D eigenvalue weighted by atomic mass is 9.98. The summed E-state index contributed by atoms with van der Waals surface area (Å²) >= 11 is 0. The number of rotatable bonds is 3. The third-order valence-electron chi connectivity index (χ3n) is 5.54. The number of benzene rings is 1. The van der Waals surface area contributed by atoms with Crippen molar-refractivity contribution < 1.29 is 28.2 Å². The summed E-state index contributed by atoms with van der Waals surface area (Å²) in [7, 11) is 1.17. The van der Waals surface area contributed by atoms with E-state index in [1.54, 1.807) is 0 Å². The van der Waals surface area contributed by atoms with Gasteiger partial charge in [0.25, 0.3) is 0 Å². The number of carbonyl (C=O) groups excluding carboxylic acids is 3. The summed E-state index contributed by atoms with van der Waals surface area (Å²) < 4.78 is 24.3. The number of nitrogens with zero attached hydrogens (tertiary/aromatic N) is 3. The van der Waals surface area contributed by atoms with Gasteiger partial charge in [0, 0.05) is 19.0 Å². The van der Waals surface area contributed by atoms with E-state index in [0.717, 1.165) is 29.1 Å². The number of Topliss-reactive ketones (excluding diaryl/α,β-unsaturated/α-hetero) is 1. The normalized spacial score (nSPS) is 14.7. The largest absolute Gasteiger partial charge is 0.464 e. The van der Waals surface area contributed by atoms with Gasteiger partial charge in [-0.25, -0.2) is 23.5 Å². The zero-order valence-electron chi connectivity index (χ0n) is 20.6. The van der Waals surface area contributed by atoms with Gasteiger partial charge in [-0.05, 0) is 63.3 Å². The number of aromatic nitrogens is 3. The molecule has 1 aliphatic carbocycles. The van der Waals surface area contributed by atoms with E-state index in [0.29, 0.717) is 5.56 Å². The number of esters is 2. The first kappa shape index (κ1) is 26.0. The number of carbonyl (C=O) groups is 3. The van der Waals surface area contributed by atoms with Crippen molar-refractivity contribution in [3.8, 4) is 0 Å². The fraction of sp³-hybridized carbons (Fsp3) is 0.400. The van der Waals surface area contributed by atoms with Gasteiger partial charge >= 0.3 is 11.9 Å². The molecule has 0 fully saturated rings. The van der Waals surface area contributed by atoms with Crippen LogP contribution in [0.4, 0.5) is 4.39 Å². The van der Waals surface area contributed by atoms with E-state index >= 15 is 0 Å². The highest BCUT2D eigenvalue weighted by atomic mass is 19.1. The fourth-order valence-electron chi connectivity index (χ4n) is 3.86. The molecule has 3 aromatic rings. The second-order valence-corrected chi connectivity index (χ2v) is 9.26. The average Bonchev–Trinajstić information content (AvgIpc) is 3.35. The third kappa shape index (κ3) is 5.54. The molecule has 0 unspecified atom stereocenters. The molecule has 0 spiro atoms. The molecule has 1 aromatic carbocycles. The molecule has 2 aromatic heterocycles. The van der Waals surface area contributed by atoms with Crippen molar-refractivity contribution in [2.75, 3.05) is 7.11 Å². The van der Waals surface area contributed by atoms with Gasteiger partial charge in [-0.1, -0.05) is 6.07 Å². The lowest BCUT2D eigenvalue weighted by molar-refractivity contribution is 0.00683. The van der Waals surface area contributed by atoms with Crippen LogP contribution in [-0.2, 0) is 15.9 Å². The molecule has 186 valence electrons. The van der Waals surface area contributed by atoms with E-state index in [9.17, 15) is 18.8 Å². The van der Waals surface area contributed by atoms with Crippen LogP contribution in [0.1, 0.15) is 88.2 Å². The lowest BCUT2D eigenvalue weighted by Crippen LogP contribution is -2.24. The van der Waals surface area contributed by atoms with E-state index in [4.69, 9.17) is 10.5 Å². The molecule has 10 heteroatoms. The maximum Gasteiger partial charge on any atom is 0.356 e. The van der Waals surface area contributed by atoms with Crippen LogP contribution in [0, 0.1) is 12.7 Å². The minimum absolute atomic E-state index is 0.0688. The Hall–Kier alpha value is -3.66. The van der Waals surface area contributed by atoms with E-state index in [1.807, 2.05) is 39.8 Å². The second kappa shape index (κ2) is 9.91. The molecular formula is C25H29FN4O5. The molecule has 1 atom stereocenters. The van der Waals surface area contributed by atoms with Crippen molar-refractivity contribution in [1.82, 2.24) is 14.6 Å². The first-order valence-corrected chi connectivity index (χ1v) is 11.1. The van der Waals surface area contributed by atoms with Crippen molar-refractivity contribution in [2.24, 2.45) is 5.73 Å². The van der Waals surface area contributed by atoms with Gasteiger partial charge in [0.2, 0.25) is 0 Å². The highest BCUT2D eigenvalue weighted by Crippen LogP contribution is 2.33. The number of ether oxygens (including phenoxy) is 2. The Bertz CT molecular complexity index is 1310. The van der Waals surface area contributed by atoms with Gasteiger partial charge < -0.3 is 15.2 Å². The van der Waals surface area contributed by atoms with Crippen LogP contribution >= 0.6 is 0 Å². The van der Waals surface area contributed by atoms with Crippen molar-refractivity contribution in [3.63, 3.8) is 0 Å². The second-order valence-electron chi connectivity index (χ2n) is 9.26. The maximum atomic E-state index is 13.3. The summed E-state index contributed by atoms with van der Waals surface area (Å²) in [5.41, 5.74) is 9.41. The van der Waals surface area contributed by atoms with Crippen LogP contribution < -0.4 is 5.73 Å². The number of nitrogens with two attached hydrogens (primary N) is 1. The molecule has 0 bridgehead atoms. The Labute approximate surface area is 202 Å². The standard InChI is InChI=1S/C15H21NO2.C10H8FN3O3/c1-9-10-7-8-13(16)12(10)6-5-11(9)14(17)18-15(2,3)4;1-5(15)8-3-7(10(16)17-2)13-9-6(11)4-12-14(8)9/h5-6,13H,7-8,16H2,1-4H3;3-4H,1-2H3/t13-;/m0./s1. The number of halogens is 1. The van der Waals surface area contributed by atoms with Crippen LogP contribution in [0.5, 0.6) is 0 Å². The SMILES string of the molecule is COC(=O)c1cc(C(C)=O)n2ncc(F)c2n1.Cc1c(C(=O)OC(C)(C)C)ccc2c1CC[C@@H]2N. The topological polar surface area (TPSA) is 126 Å². The van der Waals surface area contributed by atoms with Crippen molar-refractivity contribution in [2.45, 2.75) is 59.1 Å². The van der Waals surface area contributed by atoms with E-state index in [2.05, 4.69) is 14.8 Å². The van der Waals surface area contributed by atoms with Crippen LogP contribution in [0.15, 0.2) is 24.4 Å². The molecule has 0 aliphatic heterocycles. The van der Waals surface area contributed by atoms with Gasteiger partial charge in [-0.3, -0.25) is 4.79 Å². The first-order valence-electron chi connectivity index (χ1n) is 11.1. The van der Waals surface area contributed by atoms with Gasteiger partial charge in [-0.15, -0.1) is 0 Å². The summed E-state index contributed by atoms with van der Waals surface area (Å²) in [6, 6.07) is 5.15. The van der Waals surface area contributed by atoms with Crippen molar-refractivity contribution >= 4 is 23.4 Å². The van der Waals surface area contributed by atoms with E-state index in [-0.39, 0.29) is 34.8 Å². The Morgan fingerprint density at radius 3 is 2.49 bits per heavy atom. The van der Waals surface area contributed by atoms with Gasteiger partial charge in [0.15, 0.2) is 22.9 Å². The molecule has 4 rings (SSSR count). The number of methoxy groups -OCH3 is 1. The molecule has 0 saturated heterocycles. The molecule has 35 heavy (non-hydrogen) atoms. The Morgan fingerprint density at radius 2 is 1.89 bits per heavy atom. The minimum Gasteiger partial charge on any atom is -0.464 e. The predicted octanol–water partition coefficient (Wildman–Crippen LogP) is 3.75. The monoisotopic (exact) mass is 484 g/mol. The van der Waals surface area contributed by atoms with Crippen molar-refractivity contribution in [3.05, 3.63) is 63.9 Å². The smallest absolute Gasteiger partial charge is 0.356 e. The Kier molecular flexibility index (Phi) is 7.35. The van der Waals surface area contributed by atoms with Crippen LogP contribution in [-0.4, -0.2) is 45.0 Å². The van der Waals surface area contributed by atoms with Gasteiger partial charge in [0.1, 0.15) is 11.3 Å². The zero-order valence-corrected chi connectivity index (χ0v) is 20.6. The number of fused-ring (bicyclic) bond motifs is 2. The summed E-state index contributed by atoms with van der Waals surface area (Å²) in [5.74, 6) is -2.05. The molecule has 1 aliphatic rings. The summed E-state index contributed by atoms with van der Waals surface area (Å²) in [6.07, 6.45) is 2.85. The number of hydrogen-bond donors (Lipinski definition) is 1. The molecule has 0 radical (unpaired) electrons. The zero-order chi connectivity index (χ0) is 26.1. The summed E-state index contributed by atoms with van der Waals surface area (Å²) in [5, 5.41) is 3.67. The van der Waals surface area contributed by atoms with Crippen LogP contribution in [0.25, 0.3) is 5.65 Å². The van der Waals surface area contributed by atoms with Crippen molar-refractivity contribution in [1.29, 1.82) is 0 Å². The van der Waals surface area contributed by atoms with Crippen LogP contribution in [0.2, 0.25) is 0 Å². The molecule has 2 heterocycles. The third-order valence-corrected chi connectivity index (χ3v) is 5.54. The summed E-state index contributed by atoms with van der Waals surface area (Å²) in [4.78, 5) is 38.5. The van der Waals surface area contributed by atoms with Gasteiger partial charge in [0.05, 0.1) is 18.9 Å². The van der Waals surface area contributed by atoms with E-state index in [1.165, 1.54) is 31.2 Å². The first-order chi connectivity index (χ1) is 16.3. The lowest BCUT2D eigenvalue weighted by Gasteiger charge is -2.21. The highest BCUT2D eigenvalue weighted by molar-refractivity contribution is 5.96. The highest BCUT2D eigenvalue weighted by Gasteiger charge is 2.26. The molecule has 0 saturated carbocycles. The molecular weight excluding hydrogens is 455 g/mol. The van der Waals surface area contributed by atoms with Gasteiger partial charge in [-0.2, -0.15) is 5.10 Å². The minimum atomic E-state index is -0.740. The number of hydrogen-bond acceptors (Lipinski definition) is 8. The Balaban J connectivity index is 0.000000196. The average molecular weight is 485 g/mol. The summed E-state index contributed by atoms with van der Waals surface area (Å²) in [6.45, 7) is 8.90. The van der Waals surface area contributed by atoms with E-state index < -0.39 is 17.4 Å².